The monoisotopic (exact) mass is 300 g/mol. The van der Waals surface area contributed by atoms with Crippen LogP contribution in [0.5, 0.6) is 0 Å². The highest BCUT2D eigenvalue weighted by Gasteiger charge is 2.24. The van der Waals surface area contributed by atoms with Crippen LogP contribution in [0.25, 0.3) is 11.0 Å². The average Bonchev–Trinajstić information content (AvgIpc) is 2.89. The van der Waals surface area contributed by atoms with Crippen molar-refractivity contribution in [3.05, 3.63) is 35.6 Å². The first-order valence-corrected chi connectivity index (χ1v) is 7.95. The van der Waals surface area contributed by atoms with Crippen LogP contribution in [0, 0.1) is 6.92 Å². The lowest BCUT2D eigenvalue weighted by molar-refractivity contribution is -0.132. The van der Waals surface area contributed by atoms with Crippen molar-refractivity contribution in [2.75, 3.05) is 27.2 Å². The van der Waals surface area contributed by atoms with Crippen LogP contribution in [0.2, 0.25) is 0 Å². The number of fused-ring (bicyclic) bond motifs is 1. The molecule has 0 unspecified atom stereocenters. The summed E-state index contributed by atoms with van der Waals surface area (Å²) in [5.74, 6) is 0.179. The first kappa shape index (κ1) is 15.1. The number of aryl methyl sites for hydroxylation is 1. The standard InChI is InChI=1S/C18H24N2O2/c1-13-4-5-17-16(10-13)14(12-22-17)11-18(21)20(3)15-6-8-19(2)9-7-15/h4-5,10,12,15H,6-9,11H2,1-3H3. The smallest absolute Gasteiger partial charge is 0.227 e. The number of likely N-dealkylation sites (tertiary alicyclic amines) is 1. The molecule has 1 fully saturated rings. The summed E-state index contributed by atoms with van der Waals surface area (Å²) in [6.07, 6.45) is 4.26. The lowest BCUT2D eigenvalue weighted by Crippen LogP contribution is -2.44. The number of amides is 1. The molecule has 2 aromatic rings. The highest BCUT2D eigenvalue weighted by Crippen LogP contribution is 2.24. The van der Waals surface area contributed by atoms with Crippen LogP contribution < -0.4 is 0 Å². The number of carbonyl (C=O) groups is 1. The molecule has 118 valence electrons. The molecule has 0 aliphatic carbocycles. The van der Waals surface area contributed by atoms with Crippen LogP contribution in [0.3, 0.4) is 0 Å². The third-order valence-electron chi connectivity index (χ3n) is 4.78. The van der Waals surface area contributed by atoms with Crippen LogP contribution in [0.1, 0.15) is 24.0 Å². The topological polar surface area (TPSA) is 36.7 Å². The molecule has 1 amide bonds. The maximum Gasteiger partial charge on any atom is 0.227 e. The summed E-state index contributed by atoms with van der Waals surface area (Å²) in [5, 5.41) is 1.06. The van der Waals surface area contributed by atoms with Crippen LogP contribution in [0.4, 0.5) is 0 Å². The van der Waals surface area contributed by atoms with E-state index in [1.54, 1.807) is 6.26 Å². The van der Waals surface area contributed by atoms with E-state index in [4.69, 9.17) is 4.42 Å². The summed E-state index contributed by atoms with van der Waals surface area (Å²) < 4.78 is 5.57. The van der Waals surface area contributed by atoms with E-state index in [0.717, 1.165) is 42.5 Å². The van der Waals surface area contributed by atoms with Gasteiger partial charge in [0, 0.05) is 24.0 Å². The predicted molar refractivity (Wildman–Crippen MR) is 87.9 cm³/mol. The summed E-state index contributed by atoms with van der Waals surface area (Å²) in [4.78, 5) is 16.8. The Kier molecular flexibility index (Phi) is 4.21. The summed E-state index contributed by atoms with van der Waals surface area (Å²) in [6.45, 7) is 4.19. The Morgan fingerprint density at radius 1 is 1.36 bits per heavy atom. The van der Waals surface area contributed by atoms with Gasteiger partial charge in [-0.25, -0.2) is 0 Å². The summed E-state index contributed by atoms with van der Waals surface area (Å²) >= 11 is 0. The number of furan rings is 1. The fraction of sp³-hybridized carbons (Fsp3) is 0.500. The van der Waals surface area contributed by atoms with Crippen molar-refractivity contribution in [3.8, 4) is 0 Å². The number of carbonyl (C=O) groups excluding carboxylic acids is 1. The molecule has 0 bridgehead atoms. The lowest BCUT2D eigenvalue weighted by atomic mass is 10.0. The Hall–Kier alpha value is -1.81. The molecule has 4 heteroatoms. The van der Waals surface area contributed by atoms with E-state index in [1.165, 1.54) is 5.56 Å². The number of hydrogen-bond acceptors (Lipinski definition) is 3. The average molecular weight is 300 g/mol. The zero-order valence-electron chi connectivity index (χ0n) is 13.6. The quantitative estimate of drug-likeness (QED) is 0.874. The molecule has 1 aliphatic heterocycles. The molecule has 1 aromatic heterocycles. The zero-order chi connectivity index (χ0) is 15.7. The van der Waals surface area contributed by atoms with Crippen molar-refractivity contribution in [2.24, 2.45) is 0 Å². The van der Waals surface area contributed by atoms with Gasteiger partial charge < -0.3 is 14.2 Å². The molecule has 0 N–H and O–H groups in total. The van der Waals surface area contributed by atoms with Crippen LogP contribution in [0.15, 0.2) is 28.9 Å². The molecule has 0 spiro atoms. The SMILES string of the molecule is Cc1ccc2occ(CC(=O)N(C)C3CCN(C)CC3)c2c1. The van der Waals surface area contributed by atoms with E-state index < -0.39 is 0 Å². The fourth-order valence-corrected chi connectivity index (χ4v) is 3.21. The normalized spacial score (nSPS) is 17.0. The van der Waals surface area contributed by atoms with Gasteiger partial charge in [-0.1, -0.05) is 11.6 Å². The van der Waals surface area contributed by atoms with Crippen molar-refractivity contribution in [2.45, 2.75) is 32.2 Å². The highest BCUT2D eigenvalue weighted by atomic mass is 16.3. The highest BCUT2D eigenvalue weighted by molar-refractivity contribution is 5.88. The van der Waals surface area contributed by atoms with Crippen molar-refractivity contribution in [1.29, 1.82) is 0 Å². The van der Waals surface area contributed by atoms with Crippen LogP contribution in [-0.2, 0) is 11.2 Å². The third-order valence-corrected chi connectivity index (χ3v) is 4.78. The van der Waals surface area contributed by atoms with Crippen molar-refractivity contribution in [1.82, 2.24) is 9.80 Å². The van der Waals surface area contributed by atoms with E-state index in [-0.39, 0.29) is 5.91 Å². The van der Waals surface area contributed by atoms with E-state index in [2.05, 4.69) is 24.9 Å². The maximum absolute atomic E-state index is 12.6. The molecular formula is C18H24N2O2. The number of piperidine rings is 1. The zero-order valence-corrected chi connectivity index (χ0v) is 13.6. The Balaban J connectivity index is 1.71. The molecule has 1 aromatic carbocycles. The molecular weight excluding hydrogens is 276 g/mol. The van der Waals surface area contributed by atoms with Crippen molar-refractivity contribution in [3.63, 3.8) is 0 Å². The van der Waals surface area contributed by atoms with E-state index in [0.29, 0.717) is 12.5 Å². The number of benzene rings is 1. The Bertz CT molecular complexity index is 669. The molecule has 4 nitrogen and oxygen atoms in total. The molecule has 0 saturated carbocycles. The van der Waals surface area contributed by atoms with Gasteiger partial charge >= 0.3 is 0 Å². The Morgan fingerprint density at radius 3 is 2.82 bits per heavy atom. The molecule has 0 atom stereocenters. The number of hydrogen-bond donors (Lipinski definition) is 0. The van der Waals surface area contributed by atoms with Gasteiger partial charge in [-0.15, -0.1) is 0 Å². The molecule has 0 radical (unpaired) electrons. The molecule has 22 heavy (non-hydrogen) atoms. The van der Waals surface area contributed by atoms with Gasteiger partial charge in [0.1, 0.15) is 5.58 Å². The minimum absolute atomic E-state index is 0.179. The predicted octanol–water partition coefficient (Wildman–Crippen LogP) is 2.84. The fourth-order valence-electron chi connectivity index (χ4n) is 3.21. The van der Waals surface area contributed by atoms with E-state index in [1.807, 2.05) is 24.1 Å². The van der Waals surface area contributed by atoms with Crippen molar-refractivity contribution >= 4 is 16.9 Å². The summed E-state index contributed by atoms with van der Waals surface area (Å²) in [7, 11) is 4.07. The van der Waals surface area contributed by atoms with Gasteiger partial charge in [-0.3, -0.25) is 4.79 Å². The second-order valence-electron chi connectivity index (χ2n) is 6.48. The minimum Gasteiger partial charge on any atom is -0.464 e. The molecule has 3 rings (SSSR count). The van der Waals surface area contributed by atoms with Gasteiger partial charge in [0.05, 0.1) is 12.7 Å². The third kappa shape index (κ3) is 3.02. The summed E-state index contributed by atoms with van der Waals surface area (Å²) in [5.41, 5.74) is 3.03. The van der Waals surface area contributed by atoms with Crippen LogP contribution in [-0.4, -0.2) is 48.9 Å². The maximum atomic E-state index is 12.6. The lowest BCUT2D eigenvalue weighted by Gasteiger charge is -2.35. The van der Waals surface area contributed by atoms with Crippen molar-refractivity contribution < 1.29 is 9.21 Å². The van der Waals surface area contributed by atoms with Gasteiger partial charge in [0.15, 0.2) is 0 Å². The largest absolute Gasteiger partial charge is 0.464 e. The first-order chi connectivity index (χ1) is 10.5. The number of rotatable bonds is 3. The Morgan fingerprint density at radius 2 is 2.09 bits per heavy atom. The number of likely N-dealkylation sites (N-methyl/N-ethyl adjacent to an activating group) is 1. The molecule has 1 aliphatic rings. The Labute approximate surface area is 131 Å². The summed E-state index contributed by atoms with van der Waals surface area (Å²) in [6, 6.07) is 6.46. The van der Waals surface area contributed by atoms with Gasteiger partial charge in [0.2, 0.25) is 5.91 Å². The van der Waals surface area contributed by atoms with E-state index >= 15 is 0 Å². The second-order valence-corrected chi connectivity index (χ2v) is 6.48. The van der Waals surface area contributed by atoms with E-state index in [9.17, 15) is 4.79 Å². The van der Waals surface area contributed by atoms with Gasteiger partial charge in [0.25, 0.3) is 0 Å². The van der Waals surface area contributed by atoms with Crippen LogP contribution >= 0.6 is 0 Å². The van der Waals surface area contributed by atoms with Gasteiger partial charge in [-0.05, 0) is 52.0 Å². The number of nitrogens with zero attached hydrogens (tertiary/aromatic N) is 2. The molecule has 1 saturated heterocycles. The first-order valence-electron chi connectivity index (χ1n) is 7.95. The second kappa shape index (κ2) is 6.13. The van der Waals surface area contributed by atoms with Gasteiger partial charge in [-0.2, -0.15) is 0 Å². The minimum atomic E-state index is 0.179. The molecule has 2 heterocycles.